The van der Waals surface area contributed by atoms with Crippen molar-refractivity contribution in [1.82, 2.24) is 10.6 Å². The lowest BCUT2D eigenvalue weighted by atomic mass is 10.1. The zero-order valence-electron chi connectivity index (χ0n) is 12.6. The van der Waals surface area contributed by atoms with E-state index >= 15 is 0 Å². The first-order valence-electron chi connectivity index (χ1n) is 6.85. The maximum atomic E-state index is 11.4. The standard InChI is InChI=1S/C14H24N2O4/c1-14(2,3)20-13(18)15-8-6-5-7-10-11(19-4)9-12(17)16-10/h9-10H,5-8H2,1-4H3,(H,15,18)(H,16,17). The van der Waals surface area contributed by atoms with E-state index in [4.69, 9.17) is 9.47 Å². The minimum atomic E-state index is -0.476. The van der Waals surface area contributed by atoms with Gasteiger partial charge in [-0.2, -0.15) is 0 Å². The fraction of sp³-hybridized carbons (Fsp3) is 0.714. The third-order valence-corrected chi connectivity index (χ3v) is 2.76. The SMILES string of the molecule is COC1=CC(=O)NC1CCCCNC(=O)OC(C)(C)C. The van der Waals surface area contributed by atoms with Crippen molar-refractivity contribution < 1.29 is 19.1 Å². The Kier molecular flexibility index (Phi) is 5.85. The smallest absolute Gasteiger partial charge is 0.407 e. The molecule has 0 radical (unpaired) electrons. The Morgan fingerprint density at radius 2 is 2.10 bits per heavy atom. The van der Waals surface area contributed by atoms with Gasteiger partial charge in [-0.05, 0) is 40.0 Å². The second kappa shape index (κ2) is 7.17. The minimum Gasteiger partial charge on any atom is -0.499 e. The first kappa shape index (κ1) is 16.3. The summed E-state index contributed by atoms with van der Waals surface area (Å²) in [6.07, 6.45) is 3.57. The highest BCUT2D eigenvalue weighted by Gasteiger charge is 2.23. The lowest BCUT2D eigenvalue weighted by molar-refractivity contribution is -0.116. The van der Waals surface area contributed by atoms with Crippen LogP contribution in [0.15, 0.2) is 11.8 Å². The number of carbonyl (C=O) groups excluding carboxylic acids is 2. The van der Waals surface area contributed by atoms with Crippen LogP contribution in [0, 0.1) is 0 Å². The van der Waals surface area contributed by atoms with E-state index in [0.717, 1.165) is 19.3 Å². The molecule has 2 N–H and O–H groups in total. The number of unbranched alkanes of at least 4 members (excludes halogenated alkanes) is 1. The largest absolute Gasteiger partial charge is 0.499 e. The highest BCUT2D eigenvalue weighted by Crippen LogP contribution is 2.15. The van der Waals surface area contributed by atoms with Gasteiger partial charge >= 0.3 is 6.09 Å². The molecule has 1 heterocycles. The highest BCUT2D eigenvalue weighted by atomic mass is 16.6. The molecule has 0 fully saturated rings. The molecule has 0 aromatic carbocycles. The summed E-state index contributed by atoms with van der Waals surface area (Å²) in [6.45, 7) is 6.04. The maximum absolute atomic E-state index is 11.4. The van der Waals surface area contributed by atoms with Crippen molar-refractivity contribution >= 4 is 12.0 Å². The van der Waals surface area contributed by atoms with E-state index in [-0.39, 0.29) is 11.9 Å². The molecule has 1 aliphatic heterocycles. The Morgan fingerprint density at radius 1 is 1.40 bits per heavy atom. The van der Waals surface area contributed by atoms with Crippen molar-refractivity contribution in [2.24, 2.45) is 0 Å². The fourth-order valence-electron chi connectivity index (χ4n) is 1.91. The van der Waals surface area contributed by atoms with E-state index in [1.54, 1.807) is 7.11 Å². The van der Waals surface area contributed by atoms with Gasteiger partial charge in [0.25, 0.3) is 0 Å². The number of ether oxygens (including phenoxy) is 2. The average molecular weight is 284 g/mol. The van der Waals surface area contributed by atoms with Crippen LogP contribution < -0.4 is 10.6 Å². The molecule has 6 heteroatoms. The van der Waals surface area contributed by atoms with E-state index in [1.165, 1.54) is 6.08 Å². The van der Waals surface area contributed by atoms with Crippen molar-refractivity contribution in [3.8, 4) is 0 Å². The lowest BCUT2D eigenvalue weighted by Gasteiger charge is -2.19. The Bertz CT molecular complexity index is 385. The van der Waals surface area contributed by atoms with Gasteiger partial charge in [0.2, 0.25) is 5.91 Å². The van der Waals surface area contributed by atoms with Gasteiger partial charge in [-0.3, -0.25) is 4.79 Å². The van der Waals surface area contributed by atoms with E-state index in [1.807, 2.05) is 20.8 Å². The maximum Gasteiger partial charge on any atom is 0.407 e. The molecule has 6 nitrogen and oxygen atoms in total. The summed E-state index contributed by atoms with van der Waals surface area (Å²) in [7, 11) is 1.56. The minimum absolute atomic E-state index is 0.0472. The summed E-state index contributed by atoms with van der Waals surface area (Å²) in [6, 6.07) is -0.0472. The molecule has 0 spiro atoms. The number of carbonyl (C=O) groups is 2. The van der Waals surface area contributed by atoms with Gasteiger partial charge in [0.15, 0.2) is 0 Å². The zero-order valence-corrected chi connectivity index (χ0v) is 12.6. The van der Waals surface area contributed by atoms with Crippen molar-refractivity contribution in [2.75, 3.05) is 13.7 Å². The summed E-state index contributed by atoms with van der Waals surface area (Å²) in [5.41, 5.74) is -0.476. The first-order chi connectivity index (χ1) is 9.31. The lowest BCUT2D eigenvalue weighted by Crippen LogP contribution is -2.33. The molecule has 1 atom stereocenters. The van der Waals surface area contributed by atoms with Crippen molar-refractivity contribution in [3.05, 3.63) is 11.8 Å². The molecule has 0 aliphatic carbocycles. The van der Waals surface area contributed by atoms with E-state index in [9.17, 15) is 9.59 Å². The predicted molar refractivity (Wildman–Crippen MR) is 75.1 cm³/mol. The van der Waals surface area contributed by atoms with Gasteiger partial charge in [-0.25, -0.2) is 4.79 Å². The van der Waals surface area contributed by atoms with Crippen LogP contribution in [-0.2, 0) is 14.3 Å². The summed E-state index contributed by atoms with van der Waals surface area (Å²) in [5, 5.41) is 5.52. The number of hydrogen-bond donors (Lipinski definition) is 2. The number of alkyl carbamates (subject to hydrolysis) is 1. The van der Waals surface area contributed by atoms with Gasteiger partial charge in [0, 0.05) is 12.6 Å². The second-order valence-electron chi connectivity index (χ2n) is 5.74. The van der Waals surface area contributed by atoms with E-state index in [0.29, 0.717) is 12.3 Å². The molecule has 1 rings (SSSR count). The number of amides is 2. The summed E-state index contributed by atoms with van der Waals surface area (Å²) in [5.74, 6) is 0.564. The van der Waals surface area contributed by atoms with Crippen molar-refractivity contribution in [1.29, 1.82) is 0 Å². The van der Waals surface area contributed by atoms with Crippen LogP contribution in [0.3, 0.4) is 0 Å². The molecule has 114 valence electrons. The number of nitrogens with one attached hydrogen (secondary N) is 2. The van der Waals surface area contributed by atoms with Crippen LogP contribution in [0.4, 0.5) is 4.79 Å². The van der Waals surface area contributed by atoms with Crippen LogP contribution in [0.25, 0.3) is 0 Å². The topological polar surface area (TPSA) is 76.7 Å². The molecule has 0 aromatic rings. The van der Waals surface area contributed by atoms with Crippen LogP contribution in [0.2, 0.25) is 0 Å². The zero-order chi connectivity index (χ0) is 15.2. The predicted octanol–water partition coefficient (Wildman–Crippen LogP) is 1.71. The molecule has 20 heavy (non-hydrogen) atoms. The molecule has 0 aromatic heterocycles. The Hall–Kier alpha value is -1.72. The van der Waals surface area contributed by atoms with E-state index in [2.05, 4.69) is 10.6 Å². The fourth-order valence-corrected chi connectivity index (χ4v) is 1.91. The van der Waals surface area contributed by atoms with Crippen LogP contribution in [0.1, 0.15) is 40.0 Å². The molecular weight excluding hydrogens is 260 g/mol. The van der Waals surface area contributed by atoms with Crippen molar-refractivity contribution in [3.63, 3.8) is 0 Å². The Balaban J connectivity index is 2.13. The molecular formula is C14H24N2O4. The molecule has 1 unspecified atom stereocenters. The van der Waals surface area contributed by atoms with E-state index < -0.39 is 11.7 Å². The molecule has 2 amide bonds. The van der Waals surface area contributed by atoms with Gasteiger partial charge < -0.3 is 20.1 Å². The summed E-state index contributed by atoms with van der Waals surface area (Å²) < 4.78 is 10.3. The third-order valence-electron chi connectivity index (χ3n) is 2.76. The number of hydrogen-bond acceptors (Lipinski definition) is 4. The average Bonchev–Trinajstić information content (AvgIpc) is 2.67. The van der Waals surface area contributed by atoms with Gasteiger partial charge in [0.1, 0.15) is 11.4 Å². The first-order valence-corrected chi connectivity index (χ1v) is 6.85. The summed E-state index contributed by atoms with van der Waals surface area (Å²) >= 11 is 0. The van der Waals surface area contributed by atoms with Gasteiger partial charge in [0.05, 0.1) is 13.2 Å². The molecule has 0 saturated heterocycles. The monoisotopic (exact) mass is 284 g/mol. The Labute approximate surface area is 119 Å². The van der Waals surface area contributed by atoms with Gasteiger partial charge in [-0.1, -0.05) is 0 Å². The second-order valence-corrected chi connectivity index (χ2v) is 5.74. The van der Waals surface area contributed by atoms with Crippen LogP contribution >= 0.6 is 0 Å². The van der Waals surface area contributed by atoms with Gasteiger partial charge in [-0.15, -0.1) is 0 Å². The van der Waals surface area contributed by atoms with Crippen LogP contribution in [-0.4, -0.2) is 37.3 Å². The molecule has 0 saturated carbocycles. The highest BCUT2D eigenvalue weighted by molar-refractivity contribution is 5.91. The Morgan fingerprint density at radius 3 is 2.70 bits per heavy atom. The molecule has 1 aliphatic rings. The van der Waals surface area contributed by atoms with Crippen LogP contribution in [0.5, 0.6) is 0 Å². The molecule has 0 bridgehead atoms. The summed E-state index contributed by atoms with van der Waals surface area (Å²) in [4.78, 5) is 22.6. The number of methoxy groups -OCH3 is 1. The van der Waals surface area contributed by atoms with Crippen molar-refractivity contribution in [2.45, 2.75) is 51.7 Å². The normalized spacial score (nSPS) is 18.3. The third kappa shape index (κ3) is 5.95. The quantitative estimate of drug-likeness (QED) is 0.728. The number of rotatable bonds is 6.